The van der Waals surface area contributed by atoms with Crippen LogP contribution in [0, 0.1) is 10.1 Å². The summed E-state index contributed by atoms with van der Waals surface area (Å²) in [6.07, 6.45) is 0. The standard InChI is InChI=1S/C19H20Cl2N4O3/c1-13(19(26)22-16-7-6-14(20)12-15(16)21)23-8-10-24(11-9-23)17-4-2-3-5-18(17)25(27)28/h2-7,12-13H,8-11H2,1H3,(H,22,26). The maximum atomic E-state index is 12.6. The lowest BCUT2D eigenvalue weighted by Gasteiger charge is -2.38. The lowest BCUT2D eigenvalue weighted by Crippen LogP contribution is -2.53. The van der Waals surface area contributed by atoms with Crippen molar-refractivity contribution in [2.45, 2.75) is 13.0 Å². The van der Waals surface area contributed by atoms with Gasteiger partial charge in [-0.1, -0.05) is 35.3 Å². The van der Waals surface area contributed by atoms with Crippen LogP contribution in [0.5, 0.6) is 0 Å². The number of hydrogen-bond donors (Lipinski definition) is 1. The molecule has 1 atom stereocenters. The average Bonchev–Trinajstić information content (AvgIpc) is 2.69. The predicted octanol–water partition coefficient (Wildman–Crippen LogP) is 4.05. The summed E-state index contributed by atoms with van der Waals surface area (Å²) in [6.45, 7) is 4.28. The first-order valence-electron chi connectivity index (χ1n) is 8.85. The number of piperazine rings is 1. The fourth-order valence-corrected chi connectivity index (χ4v) is 3.69. The summed E-state index contributed by atoms with van der Waals surface area (Å²) in [7, 11) is 0. The lowest BCUT2D eigenvalue weighted by atomic mass is 10.1. The van der Waals surface area contributed by atoms with E-state index >= 15 is 0 Å². The number of carbonyl (C=O) groups is 1. The van der Waals surface area contributed by atoms with Gasteiger partial charge in [0.25, 0.3) is 5.69 Å². The normalized spacial score (nSPS) is 15.9. The maximum absolute atomic E-state index is 12.6. The SMILES string of the molecule is CC(C(=O)Nc1ccc(Cl)cc1Cl)N1CCN(c2ccccc2[N+](=O)[O-])CC1. The third-order valence-electron chi connectivity index (χ3n) is 4.85. The number of halogens is 2. The smallest absolute Gasteiger partial charge is 0.292 e. The number of nitrogens with one attached hydrogen (secondary N) is 1. The number of benzene rings is 2. The Morgan fingerprint density at radius 1 is 1.14 bits per heavy atom. The molecule has 0 bridgehead atoms. The average molecular weight is 423 g/mol. The maximum Gasteiger partial charge on any atom is 0.292 e. The van der Waals surface area contributed by atoms with Gasteiger partial charge in [0, 0.05) is 37.3 Å². The Morgan fingerprint density at radius 3 is 2.46 bits per heavy atom. The molecule has 1 saturated heterocycles. The molecule has 7 nitrogen and oxygen atoms in total. The Morgan fingerprint density at radius 2 is 1.82 bits per heavy atom. The van der Waals surface area contributed by atoms with Crippen molar-refractivity contribution in [3.63, 3.8) is 0 Å². The minimum Gasteiger partial charge on any atom is -0.363 e. The van der Waals surface area contributed by atoms with Crippen molar-refractivity contribution in [2.24, 2.45) is 0 Å². The summed E-state index contributed by atoms with van der Waals surface area (Å²) in [5, 5.41) is 15.0. The van der Waals surface area contributed by atoms with E-state index in [-0.39, 0.29) is 22.6 Å². The third kappa shape index (κ3) is 4.55. The Balaban J connectivity index is 1.61. The topological polar surface area (TPSA) is 78.7 Å². The number of para-hydroxylation sites is 2. The number of anilines is 2. The highest BCUT2D eigenvalue weighted by molar-refractivity contribution is 6.36. The number of nitro benzene ring substituents is 1. The first-order valence-corrected chi connectivity index (χ1v) is 9.60. The van der Waals surface area contributed by atoms with Crippen LogP contribution < -0.4 is 10.2 Å². The predicted molar refractivity (Wildman–Crippen MR) is 111 cm³/mol. The summed E-state index contributed by atoms with van der Waals surface area (Å²) < 4.78 is 0. The molecule has 9 heteroatoms. The Labute approximate surface area is 173 Å². The van der Waals surface area contributed by atoms with Crippen LogP contribution in [0.2, 0.25) is 10.0 Å². The number of amides is 1. The van der Waals surface area contributed by atoms with E-state index in [2.05, 4.69) is 5.32 Å². The van der Waals surface area contributed by atoms with Crippen LogP contribution >= 0.6 is 23.2 Å². The van der Waals surface area contributed by atoms with Gasteiger partial charge in [-0.25, -0.2) is 0 Å². The van der Waals surface area contributed by atoms with Crippen molar-refractivity contribution < 1.29 is 9.72 Å². The van der Waals surface area contributed by atoms with Gasteiger partial charge in [-0.2, -0.15) is 0 Å². The van der Waals surface area contributed by atoms with Crippen LogP contribution in [0.4, 0.5) is 17.1 Å². The van der Waals surface area contributed by atoms with Gasteiger partial charge in [-0.3, -0.25) is 19.8 Å². The first kappa shape index (κ1) is 20.4. The van der Waals surface area contributed by atoms with Crippen LogP contribution in [-0.4, -0.2) is 48.0 Å². The van der Waals surface area contributed by atoms with Crippen LogP contribution in [0.1, 0.15) is 6.92 Å². The highest BCUT2D eigenvalue weighted by atomic mass is 35.5. The van der Waals surface area contributed by atoms with Gasteiger partial charge >= 0.3 is 0 Å². The van der Waals surface area contributed by atoms with Crippen molar-refractivity contribution in [1.29, 1.82) is 0 Å². The molecule has 1 amide bonds. The number of nitrogens with zero attached hydrogens (tertiary/aromatic N) is 3. The second-order valence-corrected chi connectivity index (χ2v) is 7.40. The molecule has 2 aromatic rings. The molecule has 3 rings (SSSR count). The Hall–Kier alpha value is -2.35. The van der Waals surface area contributed by atoms with Crippen LogP contribution in [0.3, 0.4) is 0 Å². The van der Waals surface area contributed by atoms with Crippen LogP contribution in [0.15, 0.2) is 42.5 Å². The lowest BCUT2D eigenvalue weighted by molar-refractivity contribution is -0.384. The second kappa shape index (κ2) is 8.77. The molecular formula is C19H20Cl2N4O3. The van der Waals surface area contributed by atoms with E-state index in [0.29, 0.717) is 47.6 Å². The van der Waals surface area contributed by atoms with Gasteiger partial charge in [0.2, 0.25) is 5.91 Å². The van der Waals surface area contributed by atoms with Gasteiger partial charge in [-0.15, -0.1) is 0 Å². The van der Waals surface area contributed by atoms with Crippen molar-refractivity contribution in [1.82, 2.24) is 4.90 Å². The third-order valence-corrected chi connectivity index (χ3v) is 5.40. The van der Waals surface area contributed by atoms with Gasteiger partial charge < -0.3 is 10.2 Å². The van der Waals surface area contributed by atoms with E-state index in [1.54, 1.807) is 36.4 Å². The van der Waals surface area contributed by atoms with E-state index in [0.717, 1.165) is 0 Å². The minimum atomic E-state index is -0.367. The van der Waals surface area contributed by atoms with Gasteiger partial charge in [0.05, 0.1) is 21.7 Å². The van der Waals surface area contributed by atoms with E-state index < -0.39 is 0 Å². The van der Waals surface area contributed by atoms with Crippen LogP contribution in [0.25, 0.3) is 0 Å². The number of rotatable bonds is 5. The highest BCUT2D eigenvalue weighted by Crippen LogP contribution is 2.29. The zero-order chi connectivity index (χ0) is 20.3. The quantitative estimate of drug-likeness (QED) is 0.580. The van der Waals surface area contributed by atoms with Crippen molar-refractivity contribution in [2.75, 3.05) is 36.4 Å². The number of carbonyl (C=O) groups excluding carboxylic acids is 1. The Bertz CT molecular complexity index is 885. The fourth-order valence-electron chi connectivity index (χ4n) is 3.23. The van der Waals surface area contributed by atoms with Crippen molar-refractivity contribution in [3.8, 4) is 0 Å². The molecule has 148 valence electrons. The molecule has 1 unspecified atom stereocenters. The van der Waals surface area contributed by atoms with Crippen molar-refractivity contribution in [3.05, 3.63) is 62.6 Å². The van der Waals surface area contributed by atoms with Crippen molar-refractivity contribution >= 4 is 46.2 Å². The van der Waals surface area contributed by atoms with E-state index in [4.69, 9.17) is 23.2 Å². The molecule has 0 aliphatic carbocycles. The molecule has 1 fully saturated rings. The molecule has 2 aromatic carbocycles. The molecule has 1 aliphatic heterocycles. The number of hydrogen-bond acceptors (Lipinski definition) is 5. The molecule has 0 saturated carbocycles. The van der Waals surface area contributed by atoms with Crippen LogP contribution in [-0.2, 0) is 4.79 Å². The summed E-state index contributed by atoms with van der Waals surface area (Å²) in [5.41, 5.74) is 1.22. The summed E-state index contributed by atoms with van der Waals surface area (Å²) in [6, 6.07) is 11.3. The molecule has 1 N–H and O–H groups in total. The summed E-state index contributed by atoms with van der Waals surface area (Å²) in [5.74, 6) is -0.164. The fraction of sp³-hybridized carbons (Fsp3) is 0.316. The largest absolute Gasteiger partial charge is 0.363 e. The monoisotopic (exact) mass is 422 g/mol. The van der Waals surface area contributed by atoms with E-state index in [9.17, 15) is 14.9 Å². The Kier molecular flexibility index (Phi) is 6.39. The zero-order valence-corrected chi connectivity index (χ0v) is 16.8. The highest BCUT2D eigenvalue weighted by Gasteiger charge is 2.28. The van der Waals surface area contributed by atoms with Gasteiger partial charge in [-0.05, 0) is 31.2 Å². The van der Waals surface area contributed by atoms with Gasteiger partial charge in [0.15, 0.2) is 0 Å². The van der Waals surface area contributed by atoms with E-state index in [1.807, 2.05) is 16.7 Å². The summed E-state index contributed by atoms with van der Waals surface area (Å²) >= 11 is 12.0. The molecule has 28 heavy (non-hydrogen) atoms. The molecule has 0 radical (unpaired) electrons. The minimum absolute atomic E-state index is 0.0964. The van der Waals surface area contributed by atoms with Gasteiger partial charge in [0.1, 0.15) is 5.69 Å². The second-order valence-electron chi connectivity index (χ2n) is 6.56. The number of nitro groups is 1. The molecule has 1 heterocycles. The first-order chi connectivity index (χ1) is 13.4. The summed E-state index contributed by atoms with van der Waals surface area (Å²) in [4.78, 5) is 27.5. The van der Waals surface area contributed by atoms with E-state index in [1.165, 1.54) is 6.07 Å². The molecular weight excluding hydrogens is 403 g/mol. The molecule has 0 aromatic heterocycles. The zero-order valence-electron chi connectivity index (χ0n) is 15.3. The molecule has 0 spiro atoms. The molecule has 1 aliphatic rings.